The first kappa shape index (κ1) is 14.6. The van der Waals surface area contributed by atoms with Crippen LogP contribution in [0.5, 0.6) is 0 Å². The lowest BCUT2D eigenvalue weighted by Crippen LogP contribution is -2.34. The lowest BCUT2D eigenvalue weighted by Gasteiger charge is -2.07. The molecule has 0 aliphatic heterocycles. The van der Waals surface area contributed by atoms with Gasteiger partial charge >= 0.3 is 5.97 Å². The van der Waals surface area contributed by atoms with Crippen molar-refractivity contribution >= 4 is 5.97 Å². The Hall–Kier alpha value is -1.44. The summed E-state index contributed by atoms with van der Waals surface area (Å²) < 4.78 is 1.17. The molecule has 7 nitrogen and oxygen atoms in total. The van der Waals surface area contributed by atoms with E-state index in [9.17, 15) is 4.79 Å². The minimum Gasteiger partial charge on any atom is -0.480 e. The minimum absolute atomic E-state index is 0.0208. The number of nitrogens with two attached hydrogens (primary N) is 1. The minimum atomic E-state index is -1.46. The predicted octanol–water partition coefficient (Wildman–Crippen LogP) is -0.622. The molecule has 0 saturated carbocycles. The molecule has 92 valence electrons. The zero-order valence-electron chi connectivity index (χ0n) is 9.19. The normalized spacial score (nSPS) is 12.2. The number of aliphatic hydroxyl groups is 2. The van der Waals surface area contributed by atoms with E-state index in [1.165, 1.54) is 23.3 Å². The maximum atomic E-state index is 10.0. The molecule has 0 bridgehead atoms. The van der Waals surface area contributed by atoms with E-state index in [0.29, 0.717) is 0 Å². The maximum absolute atomic E-state index is 10.0. The highest BCUT2D eigenvalue weighted by Gasteiger charge is 2.14. The number of hydrogen-bond acceptors (Lipinski definition) is 5. The van der Waals surface area contributed by atoms with Crippen LogP contribution in [-0.4, -0.2) is 36.9 Å². The van der Waals surface area contributed by atoms with Crippen molar-refractivity contribution < 1.29 is 20.1 Å². The summed E-state index contributed by atoms with van der Waals surface area (Å²) in [4.78, 5) is 13.6. The number of imidazole rings is 1. The second-order valence-corrected chi connectivity index (χ2v) is 3.46. The first-order valence-electron chi connectivity index (χ1n) is 4.68. The Morgan fingerprint density at radius 3 is 2.12 bits per heavy atom. The van der Waals surface area contributed by atoms with E-state index in [-0.39, 0.29) is 5.92 Å². The molecular weight excluding hydrogens is 214 g/mol. The van der Waals surface area contributed by atoms with E-state index in [1.54, 1.807) is 13.8 Å². The smallest absolute Gasteiger partial charge is 0.320 e. The van der Waals surface area contributed by atoms with Crippen molar-refractivity contribution in [1.29, 1.82) is 0 Å². The number of nitrogens with zero attached hydrogens (tertiary/aromatic N) is 2. The van der Waals surface area contributed by atoms with Crippen LogP contribution in [-0.2, 0) is 4.79 Å². The van der Waals surface area contributed by atoms with Gasteiger partial charge in [-0.15, -0.1) is 0 Å². The van der Waals surface area contributed by atoms with Gasteiger partial charge in [0.25, 0.3) is 0 Å². The molecule has 0 aliphatic rings. The molecule has 1 aromatic rings. The second kappa shape index (κ2) is 6.94. The summed E-state index contributed by atoms with van der Waals surface area (Å²) in [5.74, 6) is -0.910. The Bertz CT molecular complexity index is 298. The van der Waals surface area contributed by atoms with Gasteiger partial charge in [-0.25, -0.2) is 4.98 Å². The molecule has 1 heterocycles. The van der Waals surface area contributed by atoms with Crippen LogP contribution < -0.4 is 5.73 Å². The molecule has 0 radical (unpaired) electrons. The summed E-state index contributed by atoms with van der Waals surface area (Å²) in [5, 5.41) is 25.0. The van der Waals surface area contributed by atoms with Crippen molar-refractivity contribution in [3.05, 3.63) is 18.7 Å². The fourth-order valence-corrected chi connectivity index (χ4v) is 0.691. The van der Waals surface area contributed by atoms with Gasteiger partial charge in [0.2, 0.25) is 6.41 Å². The number of aromatic nitrogens is 2. The topological polar surface area (TPSA) is 122 Å². The summed E-state index contributed by atoms with van der Waals surface area (Å²) in [6.45, 7) is 3.55. The molecule has 1 rings (SSSR count). The fourth-order valence-electron chi connectivity index (χ4n) is 0.691. The van der Waals surface area contributed by atoms with Crippen molar-refractivity contribution in [2.24, 2.45) is 11.7 Å². The average molecular weight is 231 g/mol. The van der Waals surface area contributed by atoms with Gasteiger partial charge in [-0.05, 0) is 5.92 Å². The van der Waals surface area contributed by atoms with Crippen LogP contribution in [0.4, 0.5) is 0 Å². The molecule has 1 aromatic heterocycles. The van der Waals surface area contributed by atoms with Crippen molar-refractivity contribution in [2.75, 3.05) is 0 Å². The van der Waals surface area contributed by atoms with Crippen LogP contribution >= 0.6 is 0 Å². The fraction of sp³-hybridized carbons (Fsp3) is 0.556. The third-order valence-electron chi connectivity index (χ3n) is 1.79. The molecule has 0 spiro atoms. The Morgan fingerprint density at radius 2 is 2.00 bits per heavy atom. The summed E-state index contributed by atoms with van der Waals surface area (Å²) in [7, 11) is 0. The number of aliphatic hydroxyl groups excluding tert-OH is 1. The van der Waals surface area contributed by atoms with Crippen molar-refractivity contribution in [1.82, 2.24) is 9.55 Å². The zero-order chi connectivity index (χ0) is 12.7. The van der Waals surface area contributed by atoms with E-state index in [4.69, 9.17) is 21.1 Å². The largest absolute Gasteiger partial charge is 0.480 e. The van der Waals surface area contributed by atoms with Gasteiger partial charge in [-0.3, -0.25) is 9.36 Å². The molecular formula is C9H17N3O4. The zero-order valence-corrected chi connectivity index (χ0v) is 9.19. The molecule has 0 aliphatic carbocycles. The number of hydrogen-bond donors (Lipinski definition) is 4. The van der Waals surface area contributed by atoms with E-state index < -0.39 is 18.4 Å². The van der Waals surface area contributed by atoms with Crippen LogP contribution in [0.1, 0.15) is 20.3 Å². The average Bonchev–Trinajstić information content (AvgIpc) is 2.70. The highest BCUT2D eigenvalue weighted by molar-refractivity contribution is 5.73. The second-order valence-electron chi connectivity index (χ2n) is 3.46. The highest BCUT2D eigenvalue weighted by atomic mass is 16.5. The highest BCUT2D eigenvalue weighted by Crippen LogP contribution is 1.96. The molecule has 1 atom stereocenters. The molecule has 16 heavy (non-hydrogen) atoms. The number of rotatable bonds is 3. The van der Waals surface area contributed by atoms with E-state index in [0.717, 1.165) is 0 Å². The summed E-state index contributed by atoms with van der Waals surface area (Å²) in [5.41, 5.74) is 5.16. The number of carbonyl (C=O) groups is 1. The van der Waals surface area contributed by atoms with Gasteiger partial charge in [0, 0.05) is 12.4 Å². The lowest BCUT2D eigenvalue weighted by atomic mass is 10.1. The Balaban J connectivity index is 0.000000281. The molecule has 0 aromatic carbocycles. The van der Waals surface area contributed by atoms with Gasteiger partial charge in [-0.2, -0.15) is 0 Å². The number of aliphatic carboxylic acids is 1. The first-order valence-corrected chi connectivity index (χ1v) is 4.68. The van der Waals surface area contributed by atoms with Crippen molar-refractivity contribution in [2.45, 2.75) is 26.3 Å². The lowest BCUT2D eigenvalue weighted by molar-refractivity contribution is -0.139. The molecule has 5 N–H and O–H groups in total. The van der Waals surface area contributed by atoms with E-state index in [1.807, 2.05) is 0 Å². The van der Waals surface area contributed by atoms with Crippen LogP contribution in [0.25, 0.3) is 0 Å². The Morgan fingerprint density at radius 1 is 1.44 bits per heavy atom. The standard InChI is InChI=1S/C5H11NO2.C4H6N2O2/c1-3(2)4(6)5(7)8;7-4(8)6-2-1-5-3-6/h3-4H,6H2,1-2H3,(H,7,8);1-4,7-8H/t4-;/m0./s1. The third-order valence-corrected chi connectivity index (χ3v) is 1.79. The van der Waals surface area contributed by atoms with Crippen molar-refractivity contribution in [3.8, 4) is 0 Å². The quantitative estimate of drug-likeness (QED) is 0.514. The SMILES string of the molecule is CC(C)[C@H](N)C(=O)O.OC(O)n1ccnc1. The maximum Gasteiger partial charge on any atom is 0.320 e. The molecule has 7 heteroatoms. The van der Waals surface area contributed by atoms with Crippen LogP contribution in [0.15, 0.2) is 18.7 Å². The molecule has 0 unspecified atom stereocenters. The van der Waals surface area contributed by atoms with Crippen LogP contribution in [0.2, 0.25) is 0 Å². The van der Waals surface area contributed by atoms with Gasteiger partial charge < -0.3 is 21.1 Å². The molecule has 0 fully saturated rings. The Kier molecular flexibility index (Phi) is 6.31. The van der Waals surface area contributed by atoms with Gasteiger partial charge in [0.15, 0.2) is 0 Å². The molecule has 0 amide bonds. The monoisotopic (exact) mass is 231 g/mol. The van der Waals surface area contributed by atoms with E-state index in [2.05, 4.69) is 4.98 Å². The third kappa shape index (κ3) is 5.44. The van der Waals surface area contributed by atoms with E-state index >= 15 is 0 Å². The predicted molar refractivity (Wildman–Crippen MR) is 56.2 cm³/mol. The van der Waals surface area contributed by atoms with Gasteiger partial charge in [0.05, 0.1) is 6.33 Å². The van der Waals surface area contributed by atoms with Crippen LogP contribution in [0.3, 0.4) is 0 Å². The summed E-state index contributed by atoms with van der Waals surface area (Å²) >= 11 is 0. The first-order chi connectivity index (χ1) is 7.36. The number of carboxylic acid groups (broad SMARTS) is 1. The van der Waals surface area contributed by atoms with Crippen LogP contribution in [0, 0.1) is 5.92 Å². The Labute approximate surface area is 93.1 Å². The van der Waals surface area contributed by atoms with Gasteiger partial charge in [0.1, 0.15) is 6.04 Å². The summed E-state index contributed by atoms with van der Waals surface area (Å²) in [6, 6.07) is -0.713. The molecule has 0 saturated heterocycles. The summed E-state index contributed by atoms with van der Waals surface area (Å²) in [6.07, 6.45) is 2.80. The number of carboxylic acids is 1. The van der Waals surface area contributed by atoms with Crippen molar-refractivity contribution in [3.63, 3.8) is 0 Å². The van der Waals surface area contributed by atoms with Gasteiger partial charge in [-0.1, -0.05) is 13.8 Å².